The van der Waals surface area contributed by atoms with Crippen molar-refractivity contribution < 1.29 is 9.47 Å². The van der Waals surface area contributed by atoms with Gasteiger partial charge in [0.2, 0.25) is 0 Å². The van der Waals surface area contributed by atoms with Crippen LogP contribution in [0.15, 0.2) is 18.2 Å². The highest BCUT2D eigenvalue weighted by Crippen LogP contribution is 2.36. The highest BCUT2D eigenvalue weighted by Gasteiger charge is 2.33. The molecule has 2 heterocycles. The zero-order valence-electron chi connectivity index (χ0n) is 12.4. The Balaban J connectivity index is 1.75. The summed E-state index contributed by atoms with van der Waals surface area (Å²) in [4.78, 5) is 2.47. The molecule has 0 radical (unpaired) electrons. The lowest BCUT2D eigenvalue weighted by atomic mass is 9.79. The second-order valence-electron chi connectivity index (χ2n) is 6.54. The molecule has 2 aliphatic heterocycles. The van der Waals surface area contributed by atoms with Gasteiger partial charge in [-0.15, -0.1) is 0 Å². The van der Waals surface area contributed by atoms with Crippen molar-refractivity contribution in [1.82, 2.24) is 4.90 Å². The van der Waals surface area contributed by atoms with Gasteiger partial charge in [-0.25, -0.2) is 0 Å². The zero-order chi connectivity index (χ0) is 14.2. The molecule has 20 heavy (non-hydrogen) atoms. The van der Waals surface area contributed by atoms with Crippen molar-refractivity contribution in [3.8, 4) is 11.5 Å². The predicted octanol–water partition coefficient (Wildman–Crippen LogP) is 2.02. The van der Waals surface area contributed by atoms with Crippen LogP contribution in [0, 0.1) is 5.41 Å². The Bertz CT molecular complexity index is 487. The van der Waals surface area contributed by atoms with E-state index in [2.05, 4.69) is 24.8 Å². The first-order chi connectivity index (χ1) is 9.56. The van der Waals surface area contributed by atoms with Gasteiger partial charge in [0.25, 0.3) is 0 Å². The summed E-state index contributed by atoms with van der Waals surface area (Å²) in [5.41, 5.74) is 7.59. The normalized spacial score (nSPS) is 25.4. The molecule has 2 N–H and O–H groups in total. The third-order valence-corrected chi connectivity index (χ3v) is 4.43. The second-order valence-corrected chi connectivity index (χ2v) is 6.54. The van der Waals surface area contributed by atoms with Gasteiger partial charge in [-0.05, 0) is 17.9 Å². The summed E-state index contributed by atoms with van der Waals surface area (Å²) in [6.07, 6.45) is 1.05. The number of para-hydroxylation sites is 1. The third-order valence-electron chi connectivity index (χ3n) is 4.43. The van der Waals surface area contributed by atoms with Crippen LogP contribution in [0.5, 0.6) is 11.5 Å². The maximum atomic E-state index is 6.21. The van der Waals surface area contributed by atoms with Crippen LogP contribution in [0.4, 0.5) is 0 Å². The highest BCUT2D eigenvalue weighted by molar-refractivity contribution is 5.47. The highest BCUT2D eigenvalue weighted by atomic mass is 16.6. The molecule has 1 saturated heterocycles. The third kappa shape index (κ3) is 2.63. The van der Waals surface area contributed by atoms with E-state index >= 15 is 0 Å². The molecular weight excluding hydrogens is 252 g/mol. The van der Waals surface area contributed by atoms with Crippen molar-refractivity contribution in [2.75, 3.05) is 26.3 Å². The van der Waals surface area contributed by atoms with E-state index in [1.807, 2.05) is 12.1 Å². The Labute approximate surface area is 120 Å². The maximum Gasteiger partial charge on any atom is 0.165 e. The van der Waals surface area contributed by atoms with Crippen molar-refractivity contribution >= 4 is 0 Å². The summed E-state index contributed by atoms with van der Waals surface area (Å²) in [6.45, 7) is 8.77. The lowest BCUT2D eigenvalue weighted by Crippen LogP contribution is -2.52. The SMILES string of the molecule is CC1(C)CN(Cc2cccc3c2OCCO3)CCC1N. The molecule has 4 heteroatoms. The smallest absolute Gasteiger partial charge is 0.165 e. The van der Waals surface area contributed by atoms with Gasteiger partial charge in [-0.1, -0.05) is 26.0 Å². The fourth-order valence-electron chi connectivity index (χ4n) is 3.12. The van der Waals surface area contributed by atoms with Crippen molar-refractivity contribution in [2.24, 2.45) is 11.1 Å². The maximum absolute atomic E-state index is 6.21. The molecule has 0 aliphatic carbocycles. The van der Waals surface area contributed by atoms with Crippen LogP contribution < -0.4 is 15.2 Å². The molecular formula is C16H24N2O2. The lowest BCUT2D eigenvalue weighted by molar-refractivity contribution is 0.0878. The Kier molecular flexibility index (Phi) is 3.61. The van der Waals surface area contributed by atoms with Gasteiger partial charge in [0.05, 0.1) is 0 Å². The monoisotopic (exact) mass is 276 g/mol. The number of nitrogens with zero attached hydrogens (tertiary/aromatic N) is 1. The molecule has 0 bridgehead atoms. The first-order valence-corrected chi connectivity index (χ1v) is 7.42. The van der Waals surface area contributed by atoms with E-state index in [0.29, 0.717) is 19.3 Å². The Morgan fingerprint density at radius 1 is 1.30 bits per heavy atom. The second kappa shape index (κ2) is 5.26. The van der Waals surface area contributed by atoms with Crippen molar-refractivity contribution in [3.05, 3.63) is 23.8 Å². The average molecular weight is 276 g/mol. The summed E-state index contributed by atoms with van der Waals surface area (Å²) in [5, 5.41) is 0. The number of ether oxygens (including phenoxy) is 2. The molecule has 0 amide bonds. The van der Waals surface area contributed by atoms with E-state index < -0.39 is 0 Å². The quantitative estimate of drug-likeness (QED) is 0.897. The molecule has 0 spiro atoms. The van der Waals surface area contributed by atoms with Crippen molar-refractivity contribution in [1.29, 1.82) is 0 Å². The molecule has 110 valence electrons. The predicted molar refractivity (Wildman–Crippen MR) is 79.1 cm³/mol. The zero-order valence-corrected chi connectivity index (χ0v) is 12.4. The minimum atomic E-state index is 0.171. The molecule has 1 unspecified atom stereocenters. The van der Waals surface area contributed by atoms with Crippen LogP contribution in [0.3, 0.4) is 0 Å². The molecule has 0 saturated carbocycles. The number of fused-ring (bicyclic) bond motifs is 1. The number of likely N-dealkylation sites (tertiary alicyclic amines) is 1. The van der Waals surface area contributed by atoms with E-state index in [1.165, 1.54) is 5.56 Å². The van der Waals surface area contributed by atoms with Gasteiger partial charge in [0, 0.05) is 31.2 Å². The Morgan fingerprint density at radius 3 is 2.90 bits per heavy atom. The standard InChI is InChI=1S/C16H24N2O2/c1-16(2)11-18(7-6-14(16)17)10-12-4-3-5-13-15(12)20-9-8-19-13/h3-5,14H,6-11,17H2,1-2H3. The van der Waals surface area contributed by atoms with Gasteiger partial charge in [0.15, 0.2) is 11.5 Å². The van der Waals surface area contributed by atoms with Crippen molar-refractivity contribution in [3.63, 3.8) is 0 Å². The van der Waals surface area contributed by atoms with E-state index in [0.717, 1.165) is 37.6 Å². The number of nitrogens with two attached hydrogens (primary N) is 1. The minimum absolute atomic E-state index is 0.171. The van der Waals surface area contributed by atoms with Crippen LogP contribution in [0.1, 0.15) is 25.8 Å². The van der Waals surface area contributed by atoms with Crippen LogP contribution >= 0.6 is 0 Å². The molecule has 3 rings (SSSR count). The molecule has 4 nitrogen and oxygen atoms in total. The van der Waals surface area contributed by atoms with Crippen LogP contribution in [-0.4, -0.2) is 37.2 Å². The average Bonchev–Trinajstić information content (AvgIpc) is 2.43. The summed E-state index contributed by atoms with van der Waals surface area (Å²) < 4.78 is 11.4. The summed E-state index contributed by atoms with van der Waals surface area (Å²) in [7, 11) is 0. The molecule has 1 atom stereocenters. The van der Waals surface area contributed by atoms with Gasteiger partial charge in [-0.2, -0.15) is 0 Å². The fraction of sp³-hybridized carbons (Fsp3) is 0.625. The number of hydrogen-bond donors (Lipinski definition) is 1. The van der Waals surface area contributed by atoms with E-state index in [9.17, 15) is 0 Å². The fourth-order valence-corrected chi connectivity index (χ4v) is 3.12. The van der Waals surface area contributed by atoms with Crippen LogP contribution in [-0.2, 0) is 6.54 Å². The molecule has 0 aromatic heterocycles. The van der Waals surface area contributed by atoms with Gasteiger partial charge in [-0.3, -0.25) is 4.90 Å². The number of piperidine rings is 1. The number of rotatable bonds is 2. The van der Waals surface area contributed by atoms with Crippen molar-refractivity contribution in [2.45, 2.75) is 32.9 Å². The van der Waals surface area contributed by atoms with E-state index in [1.54, 1.807) is 0 Å². The van der Waals surface area contributed by atoms with E-state index in [4.69, 9.17) is 15.2 Å². The van der Waals surface area contributed by atoms with Gasteiger partial charge >= 0.3 is 0 Å². The Hall–Kier alpha value is -1.26. The molecule has 1 aromatic carbocycles. The first-order valence-electron chi connectivity index (χ1n) is 7.42. The summed E-state index contributed by atoms with van der Waals surface area (Å²) in [5.74, 6) is 1.80. The number of hydrogen-bond acceptors (Lipinski definition) is 4. The first kappa shape index (κ1) is 13.7. The van der Waals surface area contributed by atoms with E-state index in [-0.39, 0.29) is 5.41 Å². The Morgan fingerprint density at radius 2 is 2.10 bits per heavy atom. The molecule has 1 aromatic rings. The summed E-state index contributed by atoms with van der Waals surface area (Å²) in [6, 6.07) is 6.45. The lowest BCUT2D eigenvalue weighted by Gasteiger charge is -2.42. The summed E-state index contributed by atoms with van der Waals surface area (Å²) >= 11 is 0. The van der Waals surface area contributed by atoms with Crippen LogP contribution in [0.25, 0.3) is 0 Å². The minimum Gasteiger partial charge on any atom is -0.486 e. The molecule has 1 fully saturated rings. The largest absolute Gasteiger partial charge is 0.486 e. The van der Waals surface area contributed by atoms with Gasteiger partial charge in [0.1, 0.15) is 13.2 Å². The van der Waals surface area contributed by atoms with Gasteiger partial charge < -0.3 is 15.2 Å². The number of benzene rings is 1. The molecule has 2 aliphatic rings. The van der Waals surface area contributed by atoms with Crippen LogP contribution in [0.2, 0.25) is 0 Å². The topological polar surface area (TPSA) is 47.7 Å².